The van der Waals surface area contributed by atoms with Gasteiger partial charge in [0.2, 0.25) is 6.79 Å². The smallest absolute Gasteiger partial charge is 0.264 e. The normalized spacial score (nSPS) is 17.9. The summed E-state index contributed by atoms with van der Waals surface area (Å²) in [5.74, 6) is 1.45. The van der Waals surface area contributed by atoms with Gasteiger partial charge in [-0.25, -0.2) is 0 Å². The molecule has 3 aromatic carbocycles. The van der Waals surface area contributed by atoms with Gasteiger partial charge in [0.1, 0.15) is 6.61 Å². The number of carbonyl (C=O) groups excluding carboxylic acids is 2. The number of hydrogen-bond donors (Lipinski definition) is 1. The van der Waals surface area contributed by atoms with Crippen molar-refractivity contribution >= 4 is 23.5 Å². The maximum Gasteiger partial charge on any atom is 0.264 e. The molecule has 0 radical (unpaired) electrons. The van der Waals surface area contributed by atoms with Gasteiger partial charge in [-0.1, -0.05) is 42.5 Å². The highest BCUT2D eigenvalue weighted by molar-refractivity contribution is 6.10. The van der Waals surface area contributed by atoms with Crippen LogP contribution >= 0.6 is 0 Å². The molecule has 0 spiro atoms. The molecule has 2 aliphatic rings. The van der Waals surface area contributed by atoms with E-state index in [1.54, 1.807) is 67.8 Å². The van der Waals surface area contributed by atoms with Gasteiger partial charge < -0.3 is 29.0 Å². The van der Waals surface area contributed by atoms with Crippen LogP contribution in [-0.2, 0) is 15.2 Å². The number of anilines is 1. The number of carbonyl (C=O) groups is 2. The van der Waals surface area contributed by atoms with Crippen LogP contribution in [0.25, 0.3) is 6.08 Å². The lowest BCUT2D eigenvalue weighted by Gasteiger charge is -2.22. The zero-order valence-electron chi connectivity index (χ0n) is 19.7. The minimum atomic E-state index is -1.96. The van der Waals surface area contributed by atoms with Crippen LogP contribution in [0.4, 0.5) is 5.69 Å². The van der Waals surface area contributed by atoms with Crippen LogP contribution in [-0.4, -0.2) is 43.9 Å². The first-order valence-corrected chi connectivity index (χ1v) is 11.5. The van der Waals surface area contributed by atoms with E-state index in [2.05, 4.69) is 0 Å². The fraction of sp³-hybridized carbons (Fsp3) is 0.214. The number of benzene rings is 3. The van der Waals surface area contributed by atoms with E-state index in [1.165, 1.54) is 11.0 Å². The summed E-state index contributed by atoms with van der Waals surface area (Å²) in [6, 6.07) is 19.5. The Labute approximate surface area is 208 Å². The van der Waals surface area contributed by atoms with Crippen molar-refractivity contribution < 1.29 is 33.6 Å². The Kier molecular flexibility index (Phi) is 6.35. The first-order valence-electron chi connectivity index (χ1n) is 11.5. The molecule has 8 heteroatoms. The summed E-state index contributed by atoms with van der Waals surface area (Å²) in [6.45, 7) is 0.530. The van der Waals surface area contributed by atoms with Gasteiger partial charge in [-0.05, 0) is 42.0 Å². The van der Waals surface area contributed by atoms with Gasteiger partial charge in [-0.2, -0.15) is 0 Å². The average molecular weight is 488 g/mol. The van der Waals surface area contributed by atoms with E-state index in [0.717, 1.165) is 5.56 Å². The summed E-state index contributed by atoms with van der Waals surface area (Å²) in [6.07, 6.45) is 2.60. The second kappa shape index (κ2) is 9.75. The first kappa shape index (κ1) is 23.4. The SMILES string of the molecule is COc1ccccc1OCCN1C(=O)C(O)(CC(=O)/C=C/c2ccc3c(c2)OCO3)c2ccccc21. The van der Waals surface area contributed by atoms with E-state index < -0.39 is 11.5 Å². The van der Waals surface area contributed by atoms with Crippen molar-refractivity contribution in [1.29, 1.82) is 0 Å². The standard InChI is InChI=1S/C28H25NO7/c1-33-23-8-4-5-9-24(23)34-15-14-29-22-7-3-2-6-21(22)28(32,27(29)31)17-20(30)12-10-19-11-13-25-26(16-19)36-18-35-25/h2-13,16,32H,14-15,17-18H2,1H3/b12-10+. The molecule has 0 aromatic heterocycles. The third kappa shape index (κ3) is 4.38. The highest BCUT2D eigenvalue weighted by Crippen LogP contribution is 2.42. The predicted octanol–water partition coefficient (Wildman–Crippen LogP) is 3.71. The third-order valence-electron chi connectivity index (χ3n) is 6.17. The number of hydrogen-bond acceptors (Lipinski definition) is 7. The largest absolute Gasteiger partial charge is 0.493 e. The van der Waals surface area contributed by atoms with Crippen LogP contribution in [0.3, 0.4) is 0 Å². The molecule has 0 fully saturated rings. The Morgan fingerprint density at radius 3 is 2.64 bits per heavy atom. The quantitative estimate of drug-likeness (QED) is 0.460. The highest BCUT2D eigenvalue weighted by atomic mass is 16.7. The van der Waals surface area contributed by atoms with Gasteiger partial charge in [-0.15, -0.1) is 0 Å². The second-order valence-electron chi connectivity index (χ2n) is 8.42. The first-order chi connectivity index (χ1) is 17.5. The van der Waals surface area contributed by atoms with Crippen LogP contribution in [0.1, 0.15) is 17.5 Å². The van der Waals surface area contributed by atoms with E-state index in [0.29, 0.717) is 34.2 Å². The van der Waals surface area contributed by atoms with Crippen LogP contribution < -0.4 is 23.8 Å². The van der Waals surface area contributed by atoms with E-state index >= 15 is 0 Å². The van der Waals surface area contributed by atoms with Gasteiger partial charge in [0, 0.05) is 5.56 Å². The molecular weight excluding hydrogens is 462 g/mol. The van der Waals surface area contributed by atoms with Gasteiger partial charge >= 0.3 is 0 Å². The van der Waals surface area contributed by atoms with Crippen molar-refractivity contribution in [3.05, 3.63) is 83.9 Å². The number of fused-ring (bicyclic) bond motifs is 2. The molecule has 3 aromatic rings. The Bertz CT molecular complexity index is 1330. The molecule has 8 nitrogen and oxygen atoms in total. The predicted molar refractivity (Wildman–Crippen MR) is 132 cm³/mol. The second-order valence-corrected chi connectivity index (χ2v) is 8.42. The number of ketones is 1. The molecule has 0 aliphatic carbocycles. The summed E-state index contributed by atoms with van der Waals surface area (Å²) >= 11 is 0. The average Bonchev–Trinajstić information content (AvgIpc) is 3.45. The van der Waals surface area contributed by atoms with Crippen LogP contribution in [0.15, 0.2) is 72.8 Å². The van der Waals surface area contributed by atoms with E-state index in [9.17, 15) is 14.7 Å². The van der Waals surface area contributed by atoms with Crippen molar-refractivity contribution in [2.75, 3.05) is 32.0 Å². The number of nitrogens with zero attached hydrogens (tertiary/aromatic N) is 1. The number of amides is 1. The molecule has 0 saturated heterocycles. The molecule has 2 aliphatic heterocycles. The summed E-state index contributed by atoms with van der Waals surface area (Å²) in [5, 5.41) is 11.4. The van der Waals surface area contributed by atoms with Crippen molar-refractivity contribution in [3.63, 3.8) is 0 Å². The number of methoxy groups -OCH3 is 1. The topological polar surface area (TPSA) is 94.5 Å². The molecular formula is C28H25NO7. The summed E-state index contributed by atoms with van der Waals surface area (Å²) in [5.41, 5.74) is -0.261. The lowest BCUT2D eigenvalue weighted by molar-refractivity contribution is -0.140. The molecule has 1 amide bonds. The summed E-state index contributed by atoms with van der Waals surface area (Å²) in [4.78, 5) is 27.7. The molecule has 2 heterocycles. The molecule has 1 atom stereocenters. The molecule has 0 saturated carbocycles. The monoisotopic (exact) mass is 487 g/mol. The summed E-state index contributed by atoms with van der Waals surface area (Å²) in [7, 11) is 1.56. The lowest BCUT2D eigenvalue weighted by Crippen LogP contribution is -2.43. The fourth-order valence-corrected chi connectivity index (χ4v) is 4.40. The molecule has 1 N–H and O–H groups in total. The number of ether oxygens (including phenoxy) is 4. The molecule has 36 heavy (non-hydrogen) atoms. The van der Waals surface area contributed by atoms with Crippen molar-refractivity contribution in [1.82, 2.24) is 0 Å². The Morgan fingerprint density at radius 1 is 1.06 bits per heavy atom. The Morgan fingerprint density at radius 2 is 1.81 bits per heavy atom. The maximum absolute atomic E-state index is 13.4. The lowest BCUT2D eigenvalue weighted by atomic mass is 9.89. The Balaban J connectivity index is 1.29. The molecule has 1 unspecified atom stereocenters. The third-order valence-corrected chi connectivity index (χ3v) is 6.17. The van der Waals surface area contributed by atoms with Gasteiger partial charge in [0.05, 0.1) is 25.8 Å². The van der Waals surface area contributed by atoms with Crippen molar-refractivity contribution in [2.24, 2.45) is 0 Å². The minimum Gasteiger partial charge on any atom is -0.493 e. The van der Waals surface area contributed by atoms with Crippen LogP contribution in [0.5, 0.6) is 23.0 Å². The van der Waals surface area contributed by atoms with Crippen molar-refractivity contribution in [3.8, 4) is 23.0 Å². The van der Waals surface area contributed by atoms with Crippen LogP contribution in [0.2, 0.25) is 0 Å². The van der Waals surface area contributed by atoms with Gasteiger partial charge in [0.25, 0.3) is 5.91 Å². The minimum absolute atomic E-state index is 0.163. The number of allylic oxidation sites excluding steroid dienone is 1. The molecule has 0 bridgehead atoms. The van der Waals surface area contributed by atoms with Gasteiger partial charge in [0.15, 0.2) is 34.4 Å². The van der Waals surface area contributed by atoms with Crippen LogP contribution in [0, 0.1) is 0 Å². The van der Waals surface area contributed by atoms with E-state index in [1.807, 2.05) is 12.1 Å². The number of para-hydroxylation sites is 3. The zero-order valence-corrected chi connectivity index (χ0v) is 19.7. The molecule has 5 rings (SSSR count). The van der Waals surface area contributed by atoms with E-state index in [-0.39, 0.29) is 32.1 Å². The van der Waals surface area contributed by atoms with E-state index in [4.69, 9.17) is 18.9 Å². The number of aliphatic hydroxyl groups is 1. The zero-order chi connectivity index (χ0) is 25.1. The fourth-order valence-electron chi connectivity index (χ4n) is 4.40. The van der Waals surface area contributed by atoms with Crippen molar-refractivity contribution in [2.45, 2.75) is 12.0 Å². The molecule has 184 valence electrons. The summed E-state index contributed by atoms with van der Waals surface area (Å²) < 4.78 is 21.8. The maximum atomic E-state index is 13.4. The highest BCUT2D eigenvalue weighted by Gasteiger charge is 2.50. The Hall–Kier alpha value is -4.30. The number of rotatable bonds is 9. The van der Waals surface area contributed by atoms with Gasteiger partial charge in [-0.3, -0.25) is 9.59 Å².